The maximum atomic E-state index is 13.0. The Bertz CT molecular complexity index is 932. The van der Waals surface area contributed by atoms with Gasteiger partial charge < -0.3 is 9.64 Å². The van der Waals surface area contributed by atoms with Crippen molar-refractivity contribution >= 4 is 40.6 Å². The van der Waals surface area contributed by atoms with Crippen LogP contribution in [0.1, 0.15) is 38.9 Å². The van der Waals surface area contributed by atoms with Gasteiger partial charge in [-0.1, -0.05) is 48.7 Å². The van der Waals surface area contributed by atoms with Crippen LogP contribution in [0.4, 0.5) is 5.82 Å². The first kappa shape index (κ1) is 22.3. The third kappa shape index (κ3) is 4.26. The average molecular weight is 460 g/mol. The summed E-state index contributed by atoms with van der Waals surface area (Å²) < 4.78 is 6.96. The van der Waals surface area contributed by atoms with Gasteiger partial charge in [0.15, 0.2) is 5.82 Å². The van der Waals surface area contributed by atoms with Crippen LogP contribution in [0.3, 0.4) is 0 Å². The molecule has 2 aliphatic heterocycles. The molecule has 0 amide bonds. The van der Waals surface area contributed by atoms with Crippen molar-refractivity contribution in [1.29, 1.82) is 0 Å². The van der Waals surface area contributed by atoms with Crippen LogP contribution in [-0.4, -0.2) is 40.8 Å². The largest absolute Gasteiger partial charge is 0.381 e. The van der Waals surface area contributed by atoms with E-state index in [0.29, 0.717) is 17.3 Å². The summed E-state index contributed by atoms with van der Waals surface area (Å²) in [6.07, 6.45) is 4.62. The molecule has 2 aromatic heterocycles. The molecule has 0 unspecified atom stereocenters. The highest BCUT2D eigenvalue weighted by Gasteiger charge is 2.38. The van der Waals surface area contributed by atoms with Gasteiger partial charge in [-0.2, -0.15) is 0 Å². The summed E-state index contributed by atoms with van der Waals surface area (Å²) in [5, 5.41) is 0.403. The Kier molecular flexibility index (Phi) is 7.10. The first-order valence-corrected chi connectivity index (χ1v) is 11.0. The van der Waals surface area contributed by atoms with Crippen molar-refractivity contribution in [3.05, 3.63) is 43.6 Å². The van der Waals surface area contributed by atoms with Gasteiger partial charge in [0, 0.05) is 25.9 Å². The molecule has 2 aliphatic rings. The van der Waals surface area contributed by atoms with Gasteiger partial charge in [0.05, 0.1) is 12.3 Å². The molecule has 4 heterocycles. The third-order valence-electron chi connectivity index (χ3n) is 5.55. The number of hydrogen-bond donors (Lipinski definition) is 0. The van der Waals surface area contributed by atoms with Crippen molar-refractivity contribution in [2.75, 3.05) is 31.2 Å². The maximum Gasteiger partial charge on any atom is 0.279 e. The monoisotopic (exact) mass is 458 g/mol. The highest BCUT2D eigenvalue weighted by atomic mass is 35.5. The van der Waals surface area contributed by atoms with E-state index in [1.807, 2.05) is 13.8 Å². The van der Waals surface area contributed by atoms with Crippen molar-refractivity contribution < 1.29 is 4.74 Å². The molecule has 0 aromatic carbocycles. The fourth-order valence-corrected chi connectivity index (χ4v) is 4.50. The average Bonchev–Trinajstić information content (AvgIpc) is 3.18. The zero-order valence-electron chi connectivity index (χ0n) is 16.8. The molecule has 0 bridgehead atoms. The summed E-state index contributed by atoms with van der Waals surface area (Å²) in [5.74, 6) is 1.02. The van der Waals surface area contributed by atoms with E-state index in [9.17, 15) is 4.79 Å². The van der Waals surface area contributed by atoms with E-state index >= 15 is 0 Å². The number of halogens is 3. The van der Waals surface area contributed by atoms with Crippen LogP contribution in [0, 0.1) is 12.3 Å². The van der Waals surface area contributed by atoms with Gasteiger partial charge in [-0.3, -0.25) is 9.36 Å². The second-order valence-electron chi connectivity index (χ2n) is 7.16. The van der Waals surface area contributed by atoms with Crippen LogP contribution in [-0.2, 0) is 4.74 Å². The molecule has 0 N–H and O–H groups in total. The van der Waals surface area contributed by atoms with Gasteiger partial charge in [-0.05, 0) is 37.7 Å². The minimum absolute atomic E-state index is 0.0863. The Morgan fingerprint density at radius 1 is 1.10 bits per heavy atom. The van der Waals surface area contributed by atoms with Crippen LogP contribution < -0.4 is 10.5 Å². The third-order valence-corrected chi connectivity index (χ3v) is 6.64. The molecule has 2 aromatic rings. The zero-order valence-corrected chi connectivity index (χ0v) is 19.1. The van der Waals surface area contributed by atoms with Crippen LogP contribution >= 0.6 is 34.8 Å². The number of aromatic nitrogens is 3. The predicted molar refractivity (Wildman–Crippen MR) is 118 cm³/mol. The van der Waals surface area contributed by atoms with Gasteiger partial charge in [-0.15, -0.1) is 0 Å². The van der Waals surface area contributed by atoms with Crippen LogP contribution in [0.25, 0.3) is 5.69 Å². The summed E-state index contributed by atoms with van der Waals surface area (Å²) in [6.45, 7) is 9.02. The van der Waals surface area contributed by atoms with Gasteiger partial charge in [0.1, 0.15) is 21.0 Å². The lowest BCUT2D eigenvalue weighted by Crippen LogP contribution is -2.42. The van der Waals surface area contributed by atoms with Crippen molar-refractivity contribution in [3.63, 3.8) is 0 Å². The molecule has 2 fully saturated rings. The Morgan fingerprint density at radius 2 is 1.79 bits per heavy atom. The van der Waals surface area contributed by atoms with Crippen LogP contribution in [0.5, 0.6) is 0 Å². The molecular weight excluding hydrogens is 435 g/mol. The molecule has 29 heavy (non-hydrogen) atoms. The van der Waals surface area contributed by atoms with Crippen molar-refractivity contribution in [2.24, 2.45) is 5.41 Å². The number of aryl methyl sites for hydroxylation is 1. The normalized spacial score (nSPS) is 17.9. The number of nitrogens with zero attached hydrogens (tertiary/aromatic N) is 4. The first-order chi connectivity index (χ1) is 13.9. The van der Waals surface area contributed by atoms with Gasteiger partial charge in [-0.25, -0.2) is 9.97 Å². The summed E-state index contributed by atoms with van der Waals surface area (Å²) in [4.78, 5) is 23.6. The Balaban J connectivity index is 0.00000117. The van der Waals surface area contributed by atoms with E-state index in [1.54, 1.807) is 13.0 Å². The molecule has 9 heteroatoms. The molecule has 1 spiro atoms. The summed E-state index contributed by atoms with van der Waals surface area (Å²) in [6, 6.07) is 1.62. The van der Waals surface area contributed by atoms with E-state index in [-0.39, 0.29) is 26.2 Å². The first-order valence-electron chi connectivity index (χ1n) is 9.84. The number of piperidine rings is 1. The molecule has 0 radical (unpaired) electrons. The Hall–Kier alpha value is -1.34. The second kappa shape index (κ2) is 9.21. The standard InChI is InChI=1S/C18H19Cl3N4O2.C2H6/c1-11-23-16(24-7-3-18(4-8-24)5-9-27-10-18)14(20)17(26)25(11)12-2-6-22-15(21)13(12)19;1-2/h2,6H,3-5,7-10H2,1H3;1-2H3. The SMILES string of the molecule is CC.Cc1nc(N2CCC3(CCOC3)CC2)c(Cl)c(=O)n1-c1ccnc(Cl)c1Cl. The van der Waals surface area contributed by atoms with Crippen molar-refractivity contribution in [1.82, 2.24) is 14.5 Å². The highest BCUT2D eigenvalue weighted by molar-refractivity contribution is 6.42. The number of pyridine rings is 1. The van der Waals surface area contributed by atoms with Crippen LogP contribution in [0.15, 0.2) is 17.1 Å². The lowest BCUT2D eigenvalue weighted by Gasteiger charge is -2.39. The van der Waals surface area contributed by atoms with Crippen LogP contribution in [0.2, 0.25) is 15.2 Å². The minimum atomic E-state index is -0.368. The fourth-order valence-electron chi connectivity index (χ4n) is 3.90. The maximum absolute atomic E-state index is 13.0. The van der Waals surface area contributed by atoms with E-state index in [4.69, 9.17) is 39.5 Å². The summed E-state index contributed by atoms with van der Waals surface area (Å²) >= 11 is 18.7. The molecule has 158 valence electrons. The minimum Gasteiger partial charge on any atom is -0.381 e. The smallest absolute Gasteiger partial charge is 0.279 e. The molecule has 0 saturated carbocycles. The van der Waals surface area contributed by atoms with E-state index in [0.717, 1.165) is 45.6 Å². The van der Waals surface area contributed by atoms with E-state index < -0.39 is 0 Å². The van der Waals surface area contributed by atoms with Crippen molar-refractivity contribution in [3.8, 4) is 5.69 Å². The molecule has 6 nitrogen and oxygen atoms in total. The fraction of sp³-hybridized carbons (Fsp3) is 0.550. The second-order valence-corrected chi connectivity index (χ2v) is 8.28. The molecule has 0 atom stereocenters. The molecular formula is C20H25Cl3N4O2. The Morgan fingerprint density at radius 3 is 2.41 bits per heavy atom. The zero-order chi connectivity index (χ0) is 21.2. The molecule has 0 aliphatic carbocycles. The number of ether oxygens (including phenoxy) is 1. The highest BCUT2D eigenvalue weighted by Crippen LogP contribution is 2.40. The summed E-state index contributed by atoms with van der Waals surface area (Å²) in [5.41, 5.74) is 0.322. The topological polar surface area (TPSA) is 60.3 Å². The number of hydrogen-bond acceptors (Lipinski definition) is 5. The number of rotatable bonds is 2. The Labute approximate surface area is 185 Å². The lowest BCUT2D eigenvalue weighted by atomic mass is 9.78. The summed E-state index contributed by atoms with van der Waals surface area (Å²) in [7, 11) is 0. The van der Waals surface area contributed by atoms with Gasteiger partial charge >= 0.3 is 0 Å². The van der Waals surface area contributed by atoms with E-state index in [1.165, 1.54) is 10.8 Å². The molecule has 2 saturated heterocycles. The predicted octanol–water partition coefficient (Wildman–Crippen LogP) is 4.93. The number of anilines is 1. The quantitative estimate of drug-likeness (QED) is 0.596. The van der Waals surface area contributed by atoms with Gasteiger partial charge in [0.2, 0.25) is 0 Å². The molecule has 4 rings (SSSR count). The van der Waals surface area contributed by atoms with Crippen molar-refractivity contribution in [2.45, 2.75) is 40.0 Å². The lowest BCUT2D eigenvalue weighted by molar-refractivity contribution is 0.133. The van der Waals surface area contributed by atoms with E-state index in [2.05, 4.69) is 14.9 Å². The van der Waals surface area contributed by atoms with Gasteiger partial charge in [0.25, 0.3) is 5.56 Å².